The Morgan fingerprint density at radius 3 is 2.11 bits per heavy atom. The Bertz CT molecular complexity index is 401. The summed E-state index contributed by atoms with van der Waals surface area (Å²) in [5.74, 6) is -1.96. The molecule has 0 atom stereocenters. The first-order chi connectivity index (χ1) is 8.70. The van der Waals surface area contributed by atoms with E-state index in [1.54, 1.807) is 0 Å². The van der Waals surface area contributed by atoms with Crippen molar-refractivity contribution in [2.45, 2.75) is 44.6 Å². The SMILES string of the molecule is O=Cc1cc(F)c(OC2CCCCCC2)c(F)c1. The lowest BCUT2D eigenvalue weighted by Gasteiger charge is -2.18. The first-order valence-corrected chi connectivity index (χ1v) is 6.31. The van der Waals surface area contributed by atoms with Crippen molar-refractivity contribution in [3.05, 3.63) is 29.3 Å². The normalized spacial score (nSPS) is 17.2. The second kappa shape index (κ2) is 5.94. The Kier molecular flexibility index (Phi) is 4.28. The van der Waals surface area contributed by atoms with Gasteiger partial charge in [-0.15, -0.1) is 0 Å². The zero-order chi connectivity index (χ0) is 13.0. The lowest BCUT2D eigenvalue weighted by Crippen LogP contribution is -2.17. The molecule has 0 aliphatic heterocycles. The molecule has 1 aromatic carbocycles. The van der Waals surface area contributed by atoms with Gasteiger partial charge in [0.2, 0.25) is 0 Å². The summed E-state index contributed by atoms with van der Waals surface area (Å²) < 4.78 is 32.7. The lowest BCUT2D eigenvalue weighted by molar-refractivity contribution is 0.112. The smallest absolute Gasteiger partial charge is 0.191 e. The molecule has 0 saturated heterocycles. The van der Waals surface area contributed by atoms with Crippen LogP contribution >= 0.6 is 0 Å². The molecule has 2 nitrogen and oxygen atoms in total. The van der Waals surface area contributed by atoms with E-state index in [4.69, 9.17) is 4.74 Å². The maximum atomic E-state index is 13.6. The fourth-order valence-corrected chi connectivity index (χ4v) is 2.29. The molecule has 0 N–H and O–H groups in total. The van der Waals surface area contributed by atoms with Crippen LogP contribution in [0.4, 0.5) is 8.78 Å². The molecule has 1 aliphatic rings. The molecule has 0 heterocycles. The van der Waals surface area contributed by atoms with Crippen molar-refractivity contribution in [3.63, 3.8) is 0 Å². The number of rotatable bonds is 3. The molecule has 0 amide bonds. The minimum absolute atomic E-state index is 0.0155. The Hall–Kier alpha value is -1.45. The molecular weight excluding hydrogens is 238 g/mol. The van der Waals surface area contributed by atoms with E-state index in [1.807, 2.05) is 0 Å². The highest BCUT2D eigenvalue weighted by atomic mass is 19.1. The molecule has 0 unspecified atom stereocenters. The van der Waals surface area contributed by atoms with Gasteiger partial charge in [0.1, 0.15) is 6.29 Å². The van der Waals surface area contributed by atoms with Gasteiger partial charge in [0.25, 0.3) is 0 Å². The summed E-state index contributed by atoms with van der Waals surface area (Å²) in [4.78, 5) is 10.5. The van der Waals surface area contributed by atoms with E-state index in [-0.39, 0.29) is 17.4 Å². The van der Waals surface area contributed by atoms with E-state index >= 15 is 0 Å². The lowest BCUT2D eigenvalue weighted by atomic mass is 10.1. The zero-order valence-electron chi connectivity index (χ0n) is 10.1. The van der Waals surface area contributed by atoms with E-state index in [2.05, 4.69) is 0 Å². The molecule has 1 saturated carbocycles. The third-order valence-electron chi connectivity index (χ3n) is 3.24. The van der Waals surface area contributed by atoms with Crippen molar-refractivity contribution >= 4 is 6.29 Å². The van der Waals surface area contributed by atoms with E-state index in [0.717, 1.165) is 50.7 Å². The predicted octanol–water partition coefficient (Wildman–Crippen LogP) is 3.88. The molecule has 2 rings (SSSR count). The highest BCUT2D eigenvalue weighted by Crippen LogP contribution is 2.27. The molecule has 18 heavy (non-hydrogen) atoms. The van der Waals surface area contributed by atoms with Gasteiger partial charge < -0.3 is 4.74 Å². The monoisotopic (exact) mass is 254 g/mol. The number of benzene rings is 1. The number of hydrogen-bond donors (Lipinski definition) is 0. The van der Waals surface area contributed by atoms with Crippen LogP contribution in [0, 0.1) is 11.6 Å². The van der Waals surface area contributed by atoms with E-state index in [9.17, 15) is 13.6 Å². The summed E-state index contributed by atoms with van der Waals surface area (Å²) in [6, 6.07) is 2.00. The van der Waals surface area contributed by atoms with Crippen LogP contribution in [0.2, 0.25) is 0 Å². The Morgan fingerprint density at radius 2 is 1.61 bits per heavy atom. The summed E-state index contributed by atoms with van der Waals surface area (Å²) in [6.45, 7) is 0. The molecule has 0 bridgehead atoms. The first-order valence-electron chi connectivity index (χ1n) is 6.31. The second-order valence-electron chi connectivity index (χ2n) is 4.66. The number of halogens is 2. The van der Waals surface area contributed by atoms with Gasteiger partial charge in [0.15, 0.2) is 17.4 Å². The average Bonchev–Trinajstić information content (AvgIpc) is 2.62. The summed E-state index contributed by atoms with van der Waals surface area (Å²) >= 11 is 0. The minimum Gasteiger partial charge on any atom is -0.484 e. The minimum atomic E-state index is -0.804. The predicted molar refractivity (Wildman–Crippen MR) is 63.9 cm³/mol. The number of carbonyl (C=O) groups is 1. The number of aldehydes is 1. The van der Waals surface area contributed by atoms with Crippen LogP contribution in [-0.2, 0) is 0 Å². The topological polar surface area (TPSA) is 26.3 Å². The van der Waals surface area contributed by atoms with Crippen molar-refractivity contribution < 1.29 is 18.3 Å². The van der Waals surface area contributed by atoms with Gasteiger partial charge in [-0.1, -0.05) is 12.8 Å². The molecule has 1 aromatic rings. The second-order valence-corrected chi connectivity index (χ2v) is 4.66. The molecule has 0 radical (unpaired) electrons. The van der Waals surface area contributed by atoms with Crippen LogP contribution in [0.1, 0.15) is 48.9 Å². The Morgan fingerprint density at radius 1 is 1.06 bits per heavy atom. The van der Waals surface area contributed by atoms with Gasteiger partial charge in [0.05, 0.1) is 6.10 Å². The third kappa shape index (κ3) is 3.06. The quantitative estimate of drug-likeness (QED) is 0.604. The Balaban J connectivity index is 2.15. The number of hydrogen-bond acceptors (Lipinski definition) is 2. The van der Waals surface area contributed by atoms with Crippen LogP contribution in [0.25, 0.3) is 0 Å². The maximum absolute atomic E-state index is 13.6. The van der Waals surface area contributed by atoms with Gasteiger partial charge in [0, 0.05) is 5.56 Å². The largest absolute Gasteiger partial charge is 0.484 e. The van der Waals surface area contributed by atoms with E-state index in [0.29, 0.717) is 6.29 Å². The van der Waals surface area contributed by atoms with Crippen molar-refractivity contribution in [3.8, 4) is 5.75 Å². The fourth-order valence-electron chi connectivity index (χ4n) is 2.29. The summed E-state index contributed by atoms with van der Waals surface area (Å²) in [5, 5.41) is 0. The van der Waals surface area contributed by atoms with Gasteiger partial charge >= 0.3 is 0 Å². The van der Waals surface area contributed by atoms with E-state index < -0.39 is 11.6 Å². The highest BCUT2D eigenvalue weighted by Gasteiger charge is 2.19. The number of carbonyl (C=O) groups excluding carboxylic acids is 1. The molecule has 4 heteroatoms. The van der Waals surface area contributed by atoms with E-state index in [1.165, 1.54) is 0 Å². The molecule has 98 valence electrons. The van der Waals surface area contributed by atoms with Crippen LogP contribution < -0.4 is 4.74 Å². The molecular formula is C14H16F2O2. The van der Waals surface area contributed by atoms with Crippen molar-refractivity contribution in [1.82, 2.24) is 0 Å². The summed E-state index contributed by atoms with van der Waals surface area (Å²) in [7, 11) is 0. The Labute approximate surface area is 105 Å². The standard InChI is InChI=1S/C14H16F2O2/c15-12-7-10(9-17)8-13(16)14(12)18-11-5-3-1-2-4-6-11/h7-9,11H,1-6H2. The van der Waals surface area contributed by atoms with Gasteiger partial charge in [-0.3, -0.25) is 4.79 Å². The van der Waals surface area contributed by atoms with Gasteiger partial charge in [-0.2, -0.15) is 0 Å². The van der Waals surface area contributed by atoms with Crippen LogP contribution in [-0.4, -0.2) is 12.4 Å². The maximum Gasteiger partial charge on any atom is 0.191 e. The summed E-state index contributed by atoms with van der Waals surface area (Å²) in [5.41, 5.74) is -0.0155. The highest BCUT2D eigenvalue weighted by molar-refractivity contribution is 5.75. The van der Waals surface area contributed by atoms with Crippen molar-refractivity contribution in [2.75, 3.05) is 0 Å². The summed E-state index contributed by atoms with van der Waals surface area (Å²) in [6.07, 6.45) is 6.30. The average molecular weight is 254 g/mol. The fraction of sp³-hybridized carbons (Fsp3) is 0.500. The van der Waals surface area contributed by atoms with Crippen LogP contribution in [0.15, 0.2) is 12.1 Å². The van der Waals surface area contributed by atoms with Crippen LogP contribution in [0.5, 0.6) is 5.75 Å². The molecule has 0 aromatic heterocycles. The zero-order valence-corrected chi connectivity index (χ0v) is 10.1. The molecule has 1 aliphatic carbocycles. The van der Waals surface area contributed by atoms with Gasteiger partial charge in [-0.05, 0) is 37.8 Å². The number of ether oxygens (including phenoxy) is 1. The first kappa shape index (κ1) is 13.0. The van der Waals surface area contributed by atoms with Crippen LogP contribution in [0.3, 0.4) is 0 Å². The van der Waals surface area contributed by atoms with Gasteiger partial charge in [-0.25, -0.2) is 8.78 Å². The van der Waals surface area contributed by atoms with Crippen molar-refractivity contribution in [1.29, 1.82) is 0 Å². The third-order valence-corrected chi connectivity index (χ3v) is 3.24. The van der Waals surface area contributed by atoms with Crippen molar-refractivity contribution in [2.24, 2.45) is 0 Å². The molecule has 0 spiro atoms. The molecule has 1 fully saturated rings.